The number of fused-ring (bicyclic) bond motifs is 3. The third-order valence-corrected chi connectivity index (χ3v) is 7.47. The van der Waals surface area contributed by atoms with Gasteiger partial charge in [0.25, 0.3) is 5.91 Å². The number of benzene rings is 2. The Morgan fingerprint density at radius 1 is 1.23 bits per heavy atom. The molecule has 1 saturated heterocycles. The number of nitrogens with one attached hydrogen (secondary N) is 1. The van der Waals surface area contributed by atoms with Gasteiger partial charge in [-0.3, -0.25) is 14.4 Å². The number of para-hydroxylation sites is 1. The van der Waals surface area contributed by atoms with Gasteiger partial charge in [0.2, 0.25) is 11.8 Å². The Balaban J connectivity index is 1.51. The molecule has 7 nitrogen and oxygen atoms in total. The average molecular weight is 475 g/mol. The van der Waals surface area contributed by atoms with Gasteiger partial charge in [0.05, 0.1) is 11.5 Å². The molecular weight excluding hydrogens is 447 g/mol. The van der Waals surface area contributed by atoms with E-state index >= 15 is 0 Å². The third-order valence-electron chi connectivity index (χ3n) is 7.47. The molecule has 180 valence electrons. The Bertz CT molecular complexity index is 1290. The van der Waals surface area contributed by atoms with E-state index < -0.39 is 34.6 Å². The average Bonchev–Trinajstić information content (AvgIpc) is 3.33. The Morgan fingerprint density at radius 3 is 2.69 bits per heavy atom. The third kappa shape index (κ3) is 3.49. The van der Waals surface area contributed by atoms with Crippen molar-refractivity contribution >= 4 is 23.4 Å². The molecule has 8 heteroatoms. The molecule has 0 radical (unpaired) electrons. The predicted molar refractivity (Wildman–Crippen MR) is 127 cm³/mol. The van der Waals surface area contributed by atoms with Crippen molar-refractivity contribution in [1.29, 1.82) is 5.26 Å². The minimum atomic E-state index is -1.00. The Labute approximate surface area is 203 Å². The Hall–Kier alpha value is -3.73. The lowest BCUT2D eigenvalue weighted by Crippen LogP contribution is -2.59. The second kappa shape index (κ2) is 7.91. The van der Waals surface area contributed by atoms with E-state index in [0.717, 1.165) is 11.1 Å². The zero-order valence-corrected chi connectivity index (χ0v) is 20.0. The number of likely N-dealkylation sites (tertiary alicyclic amines) is 1. The van der Waals surface area contributed by atoms with Gasteiger partial charge >= 0.3 is 0 Å². The number of nitrogens with zero attached hydrogens (tertiary/aromatic N) is 3. The highest BCUT2D eigenvalue weighted by molar-refractivity contribution is 6.07. The molecule has 1 unspecified atom stereocenters. The van der Waals surface area contributed by atoms with E-state index in [1.165, 1.54) is 21.9 Å². The molecule has 3 aliphatic rings. The Morgan fingerprint density at radius 2 is 1.97 bits per heavy atom. The first-order valence-electron chi connectivity index (χ1n) is 11.8. The highest BCUT2D eigenvalue weighted by Gasteiger charge is 2.57. The first-order chi connectivity index (χ1) is 16.6. The van der Waals surface area contributed by atoms with Crippen LogP contribution in [0, 0.1) is 22.6 Å². The lowest BCUT2D eigenvalue weighted by Gasteiger charge is -2.43. The van der Waals surface area contributed by atoms with Gasteiger partial charge in [-0.05, 0) is 41.2 Å². The fourth-order valence-electron chi connectivity index (χ4n) is 5.82. The van der Waals surface area contributed by atoms with Gasteiger partial charge in [-0.2, -0.15) is 5.26 Å². The van der Waals surface area contributed by atoms with Crippen LogP contribution in [0.2, 0.25) is 0 Å². The molecule has 35 heavy (non-hydrogen) atoms. The molecule has 0 saturated carbocycles. The monoisotopic (exact) mass is 474 g/mol. The molecule has 3 aliphatic heterocycles. The highest BCUT2D eigenvalue weighted by Crippen LogP contribution is 2.47. The van der Waals surface area contributed by atoms with Gasteiger partial charge < -0.3 is 15.1 Å². The fourth-order valence-corrected chi connectivity index (χ4v) is 5.82. The first kappa shape index (κ1) is 23.0. The normalized spacial score (nSPS) is 24.1. The number of halogens is 1. The summed E-state index contributed by atoms with van der Waals surface area (Å²) in [5.41, 5.74) is 0.825. The molecular formula is C27H27FN4O3. The molecule has 2 aromatic rings. The first-order valence-corrected chi connectivity index (χ1v) is 11.8. The molecule has 0 aliphatic carbocycles. The van der Waals surface area contributed by atoms with E-state index in [2.05, 4.69) is 11.4 Å². The SMILES string of the molecule is CC(C)(C)[C@@H](C(=O)N1C[C@]2(CC1C#N)C(=O)Nc1ccccc12)N1CCc2ccc(F)cc2C1=O. The number of nitriles is 1. The van der Waals surface area contributed by atoms with E-state index in [0.29, 0.717) is 18.7 Å². The minimum Gasteiger partial charge on any atom is -0.326 e. The smallest absolute Gasteiger partial charge is 0.254 e. The molecule has 3 heterocycles. The molecule has 5 rings (SSSR count). The van der Waals surface area contributed by atoms with Gasteiger partial charge in [-0.1, -0.05) is 45.0 Å². The molecule has 2 aromatic carbocycles. The summed E-state index contributed by atoms with van der Waals surface area (Å²) in [7, 11) is 0. The van der Waals surface area contributed by atoms with Gasteiger partial charge in [0.1, 0.15) is 17.9 Å². The molecule has 3 atom stereocenters. The number of hydrogen-bond donors (Lipinski definition) is 1. The number of carbonyl (C=O) groups is 3. The largest absolute Gasteiger partial charge is 0.326 e. The van der Waals surface area contributed by atoms with Crippen molar-refractivity contribution in [3.8, 4) is 6.07 Å². The maximum atomic E-state index is 14.1. The summed E-state index contributed by atoms with van der Waals surface area (Å²) in [6, 6.07) is 12.0. The summed E-state index contributed by atoms with van der Waals surface area (Å²) >= 11 is 0. The van der Waals surface area contributed by atoms with Crippen LogP contribution in [0.1, 0.15) is 48.7 Å². The van der Waals surface area contributed by atoms with Crippen LogP contribution in [-0.4, -0.2) is 52.7 Å². The van der Waals surface area contributed by atoms with Gasteiger partial charge in [0.15, 0.2) is 0 Å². The van der Waals surface area contributed by atoms with Crippen molar-refractivity contribution in [2.24, 2.45) is 5.41 Å². The van der Waals surface area contributed by atoms with E-state index in [1.807, 2.05) is 45.0 Å². The van der Waals surface area contributed by atoms with Crippen molar-refractivity contribution in [3.63, 3.8) is 0 Å². The van der Waals surface area contributed by atoms with Crippen molar-refractivity contribution in [2.45, 2.75) is 51.1 Å². The second-order valence-electron chi connectivity index (χ2n) is 10.7. The van der Waals surface area contributed by atoms with Crippen LogP contribution in [0.25, 0.3) is 0 Å². The molecule has 1 N–H and O–H groups in total. The highest BCUT2D eigenvalue weighted by atomic mass is 19.1. The fraction of sp³-hybridized carbons (Fsp3) is 0.407. The maximum absolute atomic E-state index is 14.1. The zero-order valence-electron chi connectivity index (χ0n) is 20.0. The van der Waals surface area contributed by atoms with Crippen LogP contribution < -0.4 is 5.32 Å². The van der Waals surface area contributed by atoms with Gasteiger partial charge in [-0.15, -0.1) is 0 Å². The lowest BCUT2D eigenvalue weighted by molar-refractivity contribution is -0.140. The van der Waals surface area contributed by atoms with Crippen molar-refractivity contribution in [3.05, 3.63) is 65.0 Å². The summed E-state index contributed by atoms with van der Waals surface area (Å²) in [5.74, 6) is -1.49. The van der Waals surface area contributed by atoms with Crippen LogP contribution in [-0.2, 0) is 21.4 Å². The summed E-state index contributed by atoms with van der Waals surface area (Å²) in [6.07, 6.45) is 0.694. The number of carbonyl (C=O) groups excluding carboxylic acids is 3. The maximum Gasteiger partial charge on any atom is 0.254 e. The summed E-state index contributed by atoms with van der Waals surface area (Å²) in [4.78, 5) is 43.7. The predicted octanol–water partition coefficient (Wildman–Crippen LogP) is 3.25. The standard InChI is InChI=1S/C27H27FN4O3/c1-26(2,3)22(31-11-10-16-8-9-17(28)12-19(16)23(31)33)24(34)32-15-27(13-18(32)14-29)20-6-4-5-7-21(20)30-25(27)35/h4-9,12,18,22H,10-11,13,15H2,1-3H3,(H,30,35)/t18?,22-,27+/m1/s1. The zero-order chi connectivity index (χ0) is 25.1. The van der Waals surface area contributed by atoms with Gasteiger partial charge in [-0.25, -0.2) is 4.39 Å². The van der Waals surface area contributed by atoms with E-state index in [-0.39, 0.29) is 30.3 Å². The van der Waals surface area contributed by atoms with Crippen LogP contribution in [0.15, 0.2) is 42.5 Å². The van der Waals surface area contributed by atoms with Crippen LogP contribution in [0.3, 0.4) is 0 Å². The summed E-state index contributed by atoms with van der Waals surface area (Å²) in [5, 5.41) is 12.9. The molecule has 1 spiro atoms. The molecule has 1 fully saturated rings. The number of hydrogen-bond acceptors (Lipinski definition) is 4. The molecule has 0 bridgehead atoms. The number of rotatable bonds is 2. The minimum absolute atomic E-state index is 0.0622. The van der Waals surface area contributed by atoms with Crippen molar-refractivity contribution < 1.29 is 18.8 Å². The van der Waals surface area contributed by atoms with Crippen molar-refractivity contribution in [2.75, 3.05) is 18.4 Å². The number of anilines is 1. The van der Waals surface area contributed by atoms with Crippen LogP contribution >= 0.6 is 0 Å². The summed E-state index contributed by atoms with van der Waals surface area (Å²) in [6.45, 7) is 5.98. The van der Waals surface area contributed by atoms with E-state index in [9.17, 15) is 24.0 Å². The molecule has 0 aromatic heterocycles. The van der Waals surface area contributed by atoms with Gasteiger partial charge in [0, 0.05) is 30.8 Å². The molecule has 3 amide bonds. The quantitative estimate of drug-likeness (QED) is 0.723. The van der Waals surface area contributed by atoms with Crippen LogP contribution in [0.4, 0.5) is 10.1 Å². The van der Waals surface area contributed by atoms with Crippen LogP contribution in [0.5, 0.6) is 0 Å². The van der Waals surface area contributed by atoms with Crippen molar-refractivity contribution in [1.82, 2.24) is 9.80 Å². The number of amides is 3. The second-order valence-corrected chi connectivity index (χ2v) is 10.7. The topological polar surface area (TPSA) is 93.5 Å². The van der Waals surface area contributed by atoms with E-state index in [4.69, 9.17) is 0 Å². The Kier molecular flexibility index (Phi) is 5.20. The summed E-state index contributed by atoms with van der Waals surface area (Å²) < 4.78 is 13.9. The van der Waals surface area contributed by atoms with E-state index in [1.54, 1.807) is 6.07 Å². The lowest BCUT2D eigenvalue weighted by atomic mass is 9.79.